The van der Waals surface area contributed by atoms with Gasteiger partial charge in [-0.25, -0.2) is 4.98 Å². The average Bonchev–Trinajstić information content (AvgIpc) is 3.11. The number of amides is 1. The van der Waals surface area contributed by atoms with Crippen LogP contribution in [0.5, 0.6) is 0 Å². The van der Waals surface area contributed by atoms with E-state index in [9.17, 15) is 4.79 Å². The van der Waals surface area contributed by atoms with Crippen LogP contribution in [0, 0.1) is 5.92 Å². The molecule has 0 aliphatic carbocycles. The van der Waals surface area contributed by atoms with Crippen LogP contribution in [0.25, 0.3) is 11.0 Å². The third-order valence-electron chi connectivity index (χ3n) is 6.54. The summed E-state index contributed by atoms with van der Waals surface area (Å²) in [4.78, 5) is 25.0. The fourth-order valence-corrected chi connectivity index (χ4v) is 4.93. The number of carbonyl (C=O) groups excluding carboxylic acids is 1. The Kier molecular flexibility index (Phi) is 6.20. The van der Waals surface area contributed by atoms with E-state index >= 15 is 0 Å². The van der Waals surface area contributed by atoms with Crippen LogP contribution in [0.15, 0.2) is 24.3 Å². The van der Waals surface area contributed by atoms with E-state index in [0.29, 0.717) is 11.9 Å². The second-order valence-electron chi connectivity index (χ2n) is 8.81. The molecule has 2 saturated heterocycles. The number of carbonyl (C=O) groups is 1. The molecule has 0 bridgehead atoms. The normalized spacial score (nSPS) is 21.9. The summed E-state index contributed by atoms with van der Waals surface area (Å²) in [5.41, 5.74) is 2.27. The smallest absolute Gasteiger partial charge is 0.227 e. The molecule has 6 nitrogen and oxygen atoms in total. The lowest BCUT2D eigenvalue weighted by Crippen LogP contribution is -2.52. The Morgan fingerprint density at radius 2 is 1.86 bits per heavy atom. The first kappa shape index (κ1) is 20.4. The minimum Gasteiger partial charge on any atom is -0.340 e. The summed E-state index contributed by atoms with van der Waals surface area (Å²) >= 11 is 0. The van der Waals surface area contributed by atoms with Crippen molar-refractivity contribution in [3.8, 4) is 0 Å². The van der Waals surface area contributed by atoms with Crippen molar-refractivity contribution in [1.29, 1.82) is 0 Å². The van der Waals surface area contributed by atoms with Crippen molar-refractivity contribution < 1.29 is 4.79 Å². The molecule has 0 N–H and O–H groups in total. The van der Waals surface area contributed by atoms with E-state index in [2.05, 4.69) is 64.3 Å². The van der Waals surface area contributed by atoms with Crippen molar-refractivity contribution in [3.05, 3.63) is 30.1 Å². The number of aromatic nitrogens is 2. The third kappa shape index (κ3) is 4.33. The maximum Gasteiger partial charge on any atom is 0.227 e. The van der Waals surface area contributed by atoms with Crippen LogP contribution in [0.2, 0.25) is 0 Å². The maximum atomic E-state index is 13.1. The predicted octanol–water partition coefficient (Wildman–Crippen LogP) is 2.99. The largest absolute Gasteiger partial charge is 0.340 e. The molecule has 2 aliphatic rings. The lowest BCUT2D eigenvalue weighted by molar-refractivity contribution is -0.139. The number of piperazine rings is 1. The summed E-state index contributed by atoms with van der Waals surface area (Å²) in [6, 6.07) is 8.76. The van der Waals surface area contributed by atoms with Gasteiger partial charge in [0.1, 0.15) is 5.82 Å². The molecule has 158 valence electrons. The fraction of sp³-hybridized carbons (Fsp3) is 0.652. The summed E-state index contributed by atoms with van der Waals surface area (Å²) in [5, 5.41) is 0. The molecule has 2 aromatic rings. The van der Waals surface area contributed by atoms with Crippen LogP contribution >= 0.6 is 0 Å². The quantitative estimate of drug-likeness (QED) is 0.778. The van der Waals surface area contributed by atoms with Crippen LogP contribution in [0.3, 0.4) is 0 Å². The molecular formula is C23H35N5O. The Morgan fingerprint density at radius 3 is 2.59 bits per heavy atom. The summed E-state index contributed by atoms with van der Waals surface area (Å²) in [6.07, 6.45) is 2.11. The van der Waals surface area contributed by atoms with Gasteiger partial charge in [0.2, 0.25) is 5.91 Å². The van der Waals surface area contributed by atoms with E-state index in [1.807, 2.05) is 0 Å². The molecule has 4 rings (SSSR count). The molecule has 0 saturated carbocycles. The standard InChI is InChI=1S/C23H35N5O/c1-4-25-12-14-27(15-13-25)23(29)19-8-7-11-26(16-19)17-22-24-20-9-5-6-10-21(20)28(22)18(2)3/h5-6,9-10,18-19H,4,7-8,11-17H2,1-3H3/t19-/m0/s1. The number of nitrogens with zero attached hydrogens (tertiary/aromatic N) is 5. The Morgan fingerprint density at radius 1 is 1.10 bits per heavy atom. The van der Waals surface area contributed by atoms with Crippen molar-refractivity contribution in [2.45, 2.75) is 46.2 Å². The number of fused-ring (bicyclic) bond motifs is 1. The van der Waals surface area contributed by atoms with Gasteiger partial charge in [0, 0.05) is 38.8 Å². The number of likely N-dealkylation sites (N-methyl/N-ethyl adjacent to an activating group) is 1. The highest BCUT2D eigenvalue weighted by Gasteiger charge is 2.31. The first-order chi connectivity index (χ1) is 14.1. The zero-order valence-electron chi connectivity index (χ0n) is 18.2. The molecule has 2 fully saturated rings. The molecule has 6 heteroatoms. The van der Waals surface area contributed by atoms with Gasteiger partial charge in [-0.05, 0) is 51.9 Å². The highest BCUT2D eigenvalue weighted by molar-refractivity contribution is 5.79. The molecule has 2 aliphatic heterocycles. The number of para-hydroxylation sites is 2. The molecule has 1 aromatic heterocycles. The minimum absolute atomic E-state index is 0.133. The van der Waals surface area contributed by atoms with E-state index in [1.165, 1.54) is 5.52 Å². The van der Waals surface area contributed by atoms with Gasteiger partial charge in [-0.3, -0.25) is 9.69 Å². The van der Waals surface area contributed by atoms with Gasteiger partial charge in [0.15, 0.2) is 0 Å². The van der Waals surface area contributed by atoms with E-state index in [0.717, 1.165) is 76.5 Å². The summed E-state index contributed by atoms with van der Waals surface area (Å²) in [5.74, 6) is 1.61. The van der Waals surface area contributed by atoms with Crippen LogP contribution in [-0.2, 0) is 11.3 Å². The van der Waals surface area contributed by atoms with Gasteiger partial charge in [-0.15, -0.1) is 0 Å². The minimum atomic E-state index is 0.133. The average molecular weight is 398 g/mol. The van der Waals surface area contributed by atoms with Gasteiger partial charge in [-0.2, -0.15) is 0 Å². The van der Waals surface area contributed by atoms with E-state index < -0.39 is 0 Å². The van der Waals surface area contributed by atoms with Crippen LogP contribution < -0.4 is 0 Å². The number of piperidine rings is 1. The topological polar surface area (TPSA) is 44.6 Å². The number of benzene rings is 1. The van der Waals surface area contributed by atoms with Gasteiger partial charge < -0.3 is 14.4 Å². The van der Waals surface area contributed by atoms with Crippen molar-refractivity contribution >= 4 is 16.9 Å². The highest BCUT2D eigenvalue weighted by Crippen LogP contribution is 2.25. The van der Waals surface area contributed by atoms with Crippen molar-refractivity contribution in [1.82, 2.24) is 24.3 Å². The first-order valence-corrected chi connectivity index (χ1v) is 11.3. The van der Waals surface area contributed by atoms with Gasteiger partial charge >= 0.3 is 0 Å². The first-order valence-electron chi connectivity index (χ1n) is 11.3. The molecule has 1 atom stereocenters. The molecular weight excluding hydrogens is 362 g/mol. The molecule has 1 amide bonds. The molecule has 1 aromatic carbocycles. The Hall–Kier alpha value is -1.92. The third-order valence-corrected chi connectivity index (χ3v) is 6.54. The lowest BCUT2D eigenvalue weighted by Gasteiger charge is -2.38. The molecule has 0 radical (unpaired) electrons. The molecule has 29 heavy (non-hydrogen) atoms. The maximum absolute atomic E-state index is 13.1. The number of hydrogen-bond acceptors (Lipinski definition) is 4. The number of imidazole rings is 1. The predicted molar refractivity (Wildman–Crippen MR) is 117 cm³/mol. The van der Waals surface area contributed by atoms with Crippen molar-refractivity contribution in [2.24, 2.45) is 5.92 Å². The summed E-state index contributed by atoms with van der Waals surface area (Å²) < 4.78 is 2.35. The monoisotopic (exact) mass is 397 g/mol. The molecule has 0 unspecified atom stereocenters. The second-order valence-corrected chi connectivity index (χ2v) is 8.81. The summed E-state index contributed by atoms with van der Waals surface area (Å²) in [6.45, 7) is 14.2. The van der Waals surface area contributed by atoms with Gasteiger partial charge in [0.25, 0.3) is 0 Å². The van der Waals surface area contributed by atoms with Gasteiger partial charge in [-0.1, -0.05) is 19.1 Å². The van der Waals surface area contributed by atoms with E-state index in [-0.39, 0.29) is 5.92 Å². The zero-order chi connectivity index (χ0) is 20.4. The Bertz CT molecular complexity index is 837. The summed E-state index contributed by atoms with van der Waals surface area (Å²) in [7, 11) is 0. The van der Waals surface area contributed by atoms with Crippen molar-refractivity contribution in [2.75, 3.05) is 45.8 Å². The SMILES string of the molecule is CCN1CCN(C(=O)[C@H]2CCCN(Cc3nc4ccccc4n3C(C)C)C2)CC1. The Balaban J connectivity index is 1.44. The molecule has 0 spiro atoms. The van der Waals surface area contributed by atoms with Crippen LogP contribution in [0.4, 0.5) is 0 Å². The lowest BCUT2D eigenvalue weighted by atomic mass is 9.96. The second kappa shape index (κ2) is 8.84. The number of rotatable bonds is 5. The van der Waals surface area contributed by atoms with E-state index in [4.69, 9.17) is 4.98 Å². The number of hydrogen-bond donors (Lipinski definition) is 0. The van der Waals surface area contributed by atoms with Crippen molar-refractivity contribution in [3.63, 3.8) is 0 Å². The van der Waals surface area contributed by atoms with Crippen LogP contribution in [-0.4, -0.2) is 76.0 Å². The Labute approximate surface area is 174 Å². The van der Waals surface area contributed by atoms with Crippen LogP contribution in [0.1, 0.15) is 45.5 Å². The zero-order valence-corrected chi connectivity index (χ0v) is 18.2. The molecule has 3 heterocycles. The van der Waals surface area contributed by atoms with E-state index in [1.54, 1.807) is 0 Å². The number of likely N-dealkylation sites (tertiary alicyclic amines) is 1. The van der Waals surface area contributed by atoms with Gasteiger partial charge in [0.05, 0.1) is 23.5 Å². The highest BCUT2D eigenvalue weighted by atomic mass is 16.2. The fourth-order valence-electron chi connectivity index (χ4n) is 4.93.